The summed E-state index contributed by atoms with van der Waals surface area (Å²) in [5.41, 5.74) is 0.153. The number of likely N-dealkylation sites (tertiary alicyclic amines) is 1. The Morgan fingerprint density at radius 1 is 1.52 bits per heavy atom. The first-order valence-electron chi connectivity index (χ1n) is 8.62. The fourth-order valence-electron chi connectivity index (χ4n) is 3.65. The van der Waals surface area contributed by atoms with Gasteiger partial charge in [-0.1, -0.05) is 5.16 Å². The number of piperidine rings is 1. The average molecular weight is 320 g/mol. The molecule has 0 aromatic carbocycles. The first-order chi connectivity index (χ1) is 11.1. The summed E-state index contributed by atoms with van der Waals surface area (Å²) in [6.45, 7) is 4.69. The highest BCUT2D eigenvalue weighted by molar-refractivity contribution is 5.92. The van der Waals surface area contributed by atoms with Crippen molar-refractivity contribution < 1.29 is 18.8 Å². The topological polar surface area (TPSA) is 64.8 Å². The fourth-order valence-corrected chi connectivity index (χ4v) is 3.65. The molecule has 1 aliphatic carbocycles. The molecule has 23 heavy (non-hydrogen) atoms. The summed E-state index contributed by atoms with van der Waals surface area (Å²) in [5, 5.41) is 3.84. The van der Waals surface area contributed by atoms with Crippen molar-refractivity contribution in [3.8, 4) is 0 Å². The van der Waals surface area contributed by atoms with E-state index in [-0.39, 0.29) is 17.6 Å². The number of ether oxygens (including phenoxy) is 2. The Morgan fingerprint density at radius 2 is 2.39 bits per heavy atom. The molecule has 3 heterocycles. The first-order valence-corrected chi connectivity index (χ1v) is 8.62. The summed E-state index contributed by atoms with van der Waals surface area (Å²) in [6, 6.07) is 1.70. The van der Waals surface area contributed by atoms with E-state index >= 15 is 0 Å². The van der Waals surface area contributed by atoms with E-state index in [1.54, 1.807) is 13.0 Å². The minimum absolute atomic E-state index is 0.0631. The summed E-state index contributed by atoms with van der Waals surface area (Å²) in [4.78, 5) is 14.4. The van der Waals surface area contributed by atoms with E-state index in [1.165, 1.54) is 12.8 Å². The maximum Gasteiger partial charge on any atom is 0.276 e. The van der Waals surface area contributed by atoms with Gasteiger partial charge in [0.05, 0.1) is 24.9 Å². The van der Waals surface area contributed by atoms with Gasteiger partial charge in [0.25, 0.3) is 5.91 Å². The van der Waals surface area contributed by atoms with E-state index in [1.807, 2.05) is 4.90 Å². The molecule has 1 saturated carbocycles. The lowest BCUT2D eigenvalue weighted by Gasteiger charge is -2.39. The molecule has 1 spiro atoms. The lowest BCUT2D eigenvalue weighted by Crippen LogP contribution is -2.50. The SMILES string of the molecule is Cc1cc(C(=O)N2CCC[C@]3(C[C@@H](OCC4CC4)CO3)C2)no1. The second-order valence-electron chi connectivity index (χ2n) is 7.25. The van der Waals surface area contributed by atoms with Gasteiger partial charge in [0.2, 0.25) is 0 Å². The van der Waals surface area contributed by atoms with E-state index < -0.39 is 0 Å². The number of nitrogens with zero attached hydrogens (tertiary/aromatic N) is 2. The van der Waals surface area contributed by atoms with Gasteiger partial charge < -0.3 is 18.9 Å². The predicted octanol–water partition coefficient (Wildman–Crippen LogP) is 2.17. The van der Waals surface area contributed by atoms with E-state index in [2.05, 4.69) is 5.16 Å². The Labute approximate surface area is 136 Å². The number of carbonyl (C=O) groups is 1. The summed E-state index contributed by atoms with van der Waals surface area (Å²) >= 11 is 0. The summed E-state index contributed by atoms with van der Waals surface area (Å²) < 4.78 is 17.1. The predicted molar refractivity (Wildman–Crippen MR) is 82.1 cm³/mol. The monoisotopic (exact) mass is 320 g/mol. The maximum atomic E-state index is 12.6. The van der Waals surface area contributed by atoms with Crippen LogP contribution >= 0.6 is 0 Å². The average Bonchev–Trinajstić information content (AvgIpc) is 3.17. The Hall–Kier alpha value is -1.40. The minimum atomic E-state index is -0.235. The quantitative estimate of drug-likeness (QED) is 0.851. The zero-order chi connectivity index (χ0) is 15.9. The molecule has 0 radical (unpaired) electrons. The van der Waals surface area contributed by atoms with Crippen molar-refractivity contribution in [3.05, 3.63) is 17.5 Å². The van der Waals surface area contributed by atoms with Gasteiger partial charge in [0.1, 0.15) is 5.76 Å². The van der Waals surface area contributed by atoms with Gasteiger partial charge in [-0.15, -0.1) is 0 Å². The van der Waals surface area contributed by atoms with Gasteiger partial charge >= 0.3 is 0 Å². The molecule has 3 fully saturated rings. The van der Waals surface area contributed by atoms with E-state index in [0.717, 1.165) is 38.3 Å². The molecule has 1 amide bonds. The summed E-state index contributed by atoms with van der Waals surface area (Å²) in [5.74, 6) is 1.36. The third kappa shape index (κ3) is 3.28. The molecular weight excluding hydrogens is 296 g/mol. The molecule has 0 bridgehead atoms. The van der Waals surface area contributed by atoms with Gasteiger partial charge in [-0.25, -0.2) is 0 Å². The molecule has 2 aliphatic heterocycles. The lowest BCUT2D eigenvalue weighted by atomic mass is 9.89. The van der Waals surface area contributed by atoms with E-state index in [0.29, 0.717) is 24.6 Å². The van der Waals surface area contributed by atoms with Crippen LogP contribution in [0.3, 0.4) is 0 Å². The molecule has 6 heteroatoms. The highest BCUT2D eigenvalue weighted by Crippen LogP contribution is 2.37. The number of hydrogen-bond donors (Lipinski definition) is 0. The van der Waals surface area contributed by atoms with Crippen molar-refractivity contribution in [1.82, 2.24) is 10.1 Å². The first kappa shape index (κ1) is 15.1. The van der Waals surface area contributed by atoms with Crippen LogP contribution in [-0.4, -0.2) is 54.0 Å². The van der Waals surface area contributed by atoms with Gasteiger partial charge in [-0.3, -0.25) is 4.79 Å². The molecule has 3 aliphatic rings. The molecule has 0 N–H and O–H groups in total. The second-order valence-corrected chi connectivity index (χ2v) is 7.25. The van der Waals surface area contributed by atoms with Crippen molar-refractivity contribution in [2.24, 2.45) is 5.92 Å². The van der Waals surface area contributed by atoms with Crippen LogP contribution in [0.15, 0.2) is 10.6 Å². The van der Waals surface area contributed by atoms with Gasteiger partial charge in [-0.05, 0) is 38.5 Å². The third-order valence-corrected chi connectivity index (χ3v) is 5.11. The van der Waals surface area contributed by atoms with Crippen molar-refractivity contribution in [1.29, 1.82) is 0 Å². The number of rotatable bonds is 4. The largest absolute Gasteiger partial charge is 0.375 e. The standard InChI is InChI=1S/C17H24N2O4/c1-12-7-15(18-23-12)16(20)19-6-2-5-17(11-19)8-14(10-22-17)21-9-13-3-4-13/h7,13-14H,2-6,8-11H2,1H3/t14-,17+/m1/s1. The smallest absolute Gasteiger partial charge is 0.276 e. The highest BCUT2D eigenvalue weighted by Gasteiger charge is 2.45. The van der Waals surface area contributed by atoms with Crippen LogP contribution in [0.4, 0.5) is 0 Å². The van der Waals surface area contributed by atoms with Crippen LogP contribution < -0.4 is 0 Å². The van der Waals surface area contributed by atoms with Crippen molar-refractivity contribution in [3.63, 3.8) is 0 Å². The van der Waals surface area contributed by atoms with E-state index in [4.69, 9.17) is 14.0 Å². The van der Waals surface area contributed by atoms with Crippen LogP contribution in [0.25, 0.3) is 0 Å². The number of aryl methyl sites for hydroxylation is 1. The molecule has 2 saturated heterocycles. The van der Waals surface area contributed by atoms with Gasteiger partial charge in [-0.2, -0.15) is 0 Å². The number of amides is 1. The molecule has 1 aromatic heterocycles. The molecule has 6 nitrogen and oxygen atoms in total. The van der Waals surface area contributed by atoms with Gasteiger partial charge in [0, 0.05) is 25.6 Å². The van der Waals surface area contributed by atoms with Crippen LogP contribution in [0.1, 0.15) is 48.4 Å². The van der Waals surface area contributed by atoms with Crippen LogP contribution in [-0.2, 0) is 9.47 Å². The summed E-state index contributed by atoms with van der Waals surface area (Å²) in [6.07, 6.45) is 5.63. The zero-order valence-corrected chi connectivity index (χ0v) is 13.6. The Balaban J connectivity index is 1.37. The molecule has 1 aromatic rings. The molecule has 0 unspecified atom stereocenters. The third-order valence-electron chi connectivity index (χ3n) is 5.11. The van der Waals surface area contributed by atoms with Crippen LogP contribution in [0.2, 0.25) is 0 Å². The Bertz CT molecular complexity index is 583. The Morgan fingerprint density at radius 3 is 3.13 bits per heavy atom. The number of aromatic nitrogens is 1. The second kappa shape index (κ2) is 5.91. The maximum absolute atomic E-state index is 12.6. The fraction of sp³-hybridized carbons (Fsp3) is 0.765. The molecule has 126 valence electrons. The molecule has 2 atom stereocenters. The van der Waals surface area contributed by atoms with E-state index in [9.17, 15) is 4.79 Å². The molecular formula is C17H24N2O4. The molecule has 4 rings (SSSR count). The Kier molecular flexibility index (Phi) is 3.89. The van der Waals surface area contributed by atoms with Crippen LogP contribution in [0.5, 0.6) is 0 Å². The lowest BCUT2D eigenvalue weighted by molar-refractivity contribution is -0.0466. The summed E-state index contributed by atoms with van der Waals surface area (Å²) in [7, 11) is 0. The highest BCUT2D eigenvalue weighted by atomic mass is 16.6. The van der Waals surface area contributed by atoms with Crippen molar-refractivity contribution in [2.75, 3.05) is 26.3 Å². The number of hydrogen-bond acceptors (Lipinski definition) is 5. The minimum Gasteiger partial charge on any atom is -0.375 e. The number of carbonyl (C=O) groups excluding carboxylic acids is 1. The van der Waals surface area contributed by atoms with Crippen LogP contribution in [0, 0.1) is 12.8 Å². The van der Waals surface area contributed by atoms with Crippen molar-refractivity contribution in [2.45, 2.75) is 50.7 Å². The van der Waals surface area contributed by atoms with Crippen molar-refractivity contribution >= 4 is 5.91 Å². The zero-order valence-electron chi connectivity index (χ0n) is 13.6. The normalized spacial score (nSPS) is 31.0. The van der Waals surface area contributed by atoms with Gasteiger partial charge in [0.15, 0.2) is 5.69 Å².